The van der Waals surface area contributed by atoms with Crippen molar-refractivity contribution in [2.75, 3.05) is 0 Å². The van der Waals surface area contributed by atoms with Crippen LogP contribution in [0, 0.1) is 23.0 Å². The molecule has 1 aromatic rings. The molecule has 1 aliphatic carbocycles. The van der Waals surface area contributed by atoms with Gasteiger partial charge in [-0.25, -0.2) is 4.39 Å². The lowest BCUT2D eigenvalue weighted by atomic mass is 9.70. The third-order valence-electron chi connectivity index (χ3n) is 4.26. The van der Waals surface area contributed by atoms with Crippen molar-refractivity contribution < 1.29 is 13.5 Å². The smallest absolute Gasteiger partial charge is 0.200 e. The van der Waals surface area contributed by atoms with Crippen LogP contribution in [0.3, 0.4) is 0 Å². The second-order valence-electron chi connectivity index (χ2n) is 6.75. The standard InChI is InChI=1S/C16H23F2NO/c1-16(2,3)10-7-8-12(19)14(9-10)20-13-6-4-5-11(17)15(13)18/h4-6,10,12,14H,7-9,19H2,1-3H3. The maximum Gasteiger partial charge on any atom is 0.200 e. The van der Waals surface area contributed by atoms with Crippen LogP contribution in [0.15, 0.2) is 18.2 Å². The predicted octanol–water partition coefficient (Wildman–Crippen LogP) is 3.89. The van der Waals surface area contributed by atoms with Gasteiger partial charge in [-0.15, -0.1) is 0 Å². The van der Waals surface area contributed by atoms with E-state index in [4.69, 9.17) is 10.5 Å². The van der Waals surface area contributed by atoms with E-state index in [9.17, 15) is 8.78 Å². The van der Waals surface area contributed by atoms with E-state index in [0.29, 0.717) is 5.92 Å². The summed E-state index contributed by atoms with van der Waals surface area (Å²) < 4.78 is 32.5. The van der Waals surface area contributed by atoms with Gasteiger partial charge >= 0.3 is 0 Å². The van der Waals surface area contributed by atoms with Gasteiger partial charge in [0.15, 0.2) is 11.6 Å². The first-order chi connectivity index (χ1) is 9.29. The molecule has 3 unspecified atom stereocenters. The van der Waals surface area contributed by atoms with Crippen LogP contribution < -0.4 is 10.5 Å². The molecule has 0 spiro atoms. The summed E-state index contributed by atoms with van der Waals surface area (Å²) in [7, 11) is 0. The Bertz CT molecular complexity index is 470. The molecule has 2 nitrogen and oxygen atoms in total. The average molecular weight is 283 g/mol. The Hall–Kier alpha value is -1.16. The number of ether oxygens (including phenoxy) is 1. The largest absolute Gasteiger partial charge is 0.486 e. The van der Waals surface area contributed by atoms with E-state index in [1.807, 2.05) is 0 Å². The molecule has 2 rings (SSSR count). The normalized spacial score (nSPS) is 27.4. The summed E-state index contributed by atoms with van der Waals surface area (Å²) >= 11 is 0. The van der Waals surface area contributed by atoms with Crippen LogP contribution in [-0.4, -0.2) is 12.1 Å². The molecule has 0 amide bonds. The van der Waals surface area contributed by atoms with Crippen molar-refractivity contribution in [3.05, 3.63) is 29.8 Å². The average Bonchev–Trinajstić information content (AvgIpc) is 2.36. The van der Waals surface area contributed by atoms with E-state index in [1.54, 1.807) is 0 Å². The van der Waals surface area contributed by atoms with Crippen molar-refractivity contribution in [2.45, 2.75) is 52.2 Å². The lowest BCUT2D eigenvalue weighted by Gasteiger charge is -2.40. The molecule has 20 heavy (non-hydrogen) atoms. The third kappa shape index (κ3) is 3.29. The lowest BCUT2D eigenvalue weighted by molar-refractivity contribution is 0.0562. The molecule has 0 saturated heterocycles. The minimum Gasteiger partial charge on any atom is -0.486 e. The van der Waals surface area contributed by atoms with Gasteiger partial charge in [0.25, 0.3) is 0 Å². The van der Waals surface area contributed by atoms with Gasteiger partial charge in [-0.2, -0.15) is 4.39 Å². The minimum atomic E-state index is -0.933. The van der Waals surface area contributed by atoms with Gasteiger partial charge in [0.2, 0.25) is 5.82 Å². The van der Waals surface area contributed by atoms with Gasteiger partial charge in [0, 0.05) is 6.04 Å². The fourth-order valence-electron chi connectivity index (χ4n) is 2.81. The SMILES string of the molecule is CC(C)(C)C1CCC(N)C(Oc2cccc(F)c2F)C1. The molecule has 0 heterocycles. The number of benzene rings is 1. The molecule has 1 aliphatic rings. The summed E-state index contributed by atoms with van der Waals surface area (Å²) in [6.45, 7) is 6.57. The highest BCUT2D eigenvalue weighted by Gasteiger charge is 2.36. The monoisotopic (exact) mass is 283 g/mol. The zero-order valence-electron chi connectivity index (χ0n) is 12.3. The second-order valence-corrected chi connectivity index (χ2v) is 6.75. The topological polar surface area (TPSA) is 35.2 Å². The zero-order valence-corrected chi connectivity index (χ0v) is 12.3. The molecule has 1 saturated carbocycles. The Morgan fingerprint density at radius 2 is 1.90 bits per heavy atom. The van der Waals surface area contributed by atoms with Crippen LogP contribution in [0.5, 0.6) is 5.75 Å². The summed E-state index contributed by atoms with van der Waals surface area (Å²) in [5.74, 6) is -1.39. The Kier molecular flexibility index (Phi) is 4.33. The summed E-state index contributed by atoms with van der Waals surface area (Å²) in [5, 5.41) is 0. The van der Waals surface area contributed by atoms with E-state index < -0.39 is 11.6 Å². The first kappa shape index (κ1) is 15.2. The van der Waals surface area contributed by atoms with Crippen LogP contribution in [-0.2, 0) is 0 Å². The maximum absolute atomic E-state index is 13.7. The van der Waals surface area contributed by atoms with Gasteiger partial charge in [-0.1, -0.05) is 26.8 Å². The third-order valence-corrected chi connectivity index (χ3v) is 4.26. The number of rotatable bonds is 2. The highest BCUT2D eigenvalue weighted by atomic mass is 19.2. The van der Waals surface area contributed by atoms with Crippen molar-refractivity contribution in [3.63, 3.8) is 0 Å². The Morgan fingerprint density at radius 1 is 1.20 bits per heavy atom. The Balaban J connectivity index is 2.12. The molecule has 1 fully saturated rings. The highest BCUT2D eigenvalue weighted by Crippen LogP contribution is 2.39. The van der Waals surface area contributed by atoms with Crippen molar-refractivity contribution in [1.29, 1.82) is 0 Å². The van der Waals surface area contributed by atoms with E-state index in [-0.39, 0.29) is 23.3 Å². The predicted molar refractivity (Wildman–Crippen MR) is 75.5 cm³/mol. The van der Waals surface area contributed by atoms with Crippen molar-refractivity contribution in [3.8, 4) is 5.75 Å². The van der Waals surface area contributed by atoms with Gasteiger partial charge in [-0.05, 0) is 42.7 Å². The Morgan fingerprint density at radius 3 is 2.55 bits per heavy atom. The van der Waals surface area contributed by atoms with Crippen LogP contribution in [0.2, 0.25) is 0 Å². The molecule has 0 bridgehead atoms. The number of hydrogen-bond acceptors (Lipinski definition) is 2. The first-order valence-electron chi connectivity index (χ1n) is 7.15. The fourth-order valence-corrected chi connectivity index (χ4v) is 2.81. The molecule has 112 valence electrons. The van der Waals surface area contributed by atoms with Crippen molar-refractivity contribution in [1.82, 2.24) is 0 Å². The summed E-state index contributed by atoms with van der Waals surface area (Å²) in [5.41, 5.74) is 6.25. The van der Waals surface area contributed by atoms with E-state index in [2.05, 4.69) is 20.8 Å². The number of halogens is 2. The number of hydrogen-bond donors (Lipinski definition) is 1. The first-order valence-corrected chi connectivity index (χ1v) is 7.15. The van der Waals surface area contributed by atoms with Gasteiger partial charge in [-0.3, -0.25) is 0 Å². The highest BCUT2D eigenvalue weighted by molar-refractivity contribution is 5.25. The molecule has 3 atom stereocenters. The van der Waals surface area contributed by atoms with Crippen LogP contribution in [0.4, 0.5) is 8.78 Å². The van der Waals surface area contributed by atoms with Gasteiger partial charge in [0.1, 0.15) is 6.10 Å². The van der Waals surface area contributed by atoms with Crippen molar-refractivity contribution >= 4 is 0 Å². The quantitative estimate of drug-likeness (QED) is 0.893. The van der Waals surface area contributed by atoms with Crippen LogP contribution in [0.25, 0.3) is 0 Å². The molecule has 0 aliphatic heterocycles. The summed E-state index contributed by atoms with van der Waals surface area (Å²) in [6.07, 6.45) is 2.42. The Labute approximate surface area is 119 Å². The molecule has 1 aromatic carbocycles. The van der Waals surface area contributed by atoms with E-state index in [1.165, 1.54) is 12.1 Å². The van der Waals surface area contributed by atoms with Crippen LogP contribution >= 0.6 is 0 Å². The van der Waals surface area contributed by atoms with E-state index in [0.717, 1.165) is 25.3 Å². The van der Waals surface area contributed by atoms with Crippen molar-refractivity contribution in [2.24, 2.45) is 17.1 Å². The number of nitrogens with two attached hydrogens (primary N) is 1. The zero-order chi connectivity index (χ0) is 14.9. The second kappa shape index (κ2) is 5.68. The summed E-state index contributed by atoms with van der Waals surface area (Å²) in [6, 6.07) is 3.85. The lowest BCUT2D eigenvalue weighted by Crippen LogP contribution is -2.46. The molecule has 4 heteroatoms. The van der Waals surface area contributed by atoms with Gasteiger partial charge < -0.3 is 10.5 Å². The van der Waals surface area contributed by atoms with E-state index >= 15 is 0 Å². The molecule has 2 N–H and O–H groups in total. The summed E-state index contributed by atoms with van der Waals surface area (Å²) in [4.78, 5) is 0. The van der Waals surface area contributed by atoms with Gasteiger partial charge in [0.05, 0.1) is 0 Å². The molecule has 0 radical (unpaired) electrons. The molecular weight excluding hydrogens is 260 g/mol. The maximum atomic E-state index is 13.7. The molecule has 0 aromatic heterocycles. The molecular formula is C16H23F2NO. The van der Waals surface area contributed by atoms with Crippen LogP contribution in [0.1, 0.15) is 40.0 Å². The minimum absolute atomic E-state index is 0.0417. The fraction of sp³-hybridized carbons (Fsp3) is 0.625.